The second-order valence-electron chi connectivity index (χ2n) is 4.15. The molecule has 0 unspecified atom stereocenters. The van der Waals surface area contributed by atoms with Crippen molar-refractivity contribution in [3.8, 4) is 0 Å². The van der Waals surface area contributed by atoms with Gasteiger partial charge in [-0.25, -0.2) is 14.4 Å². The Balaban J connectivity index is 2.09. The first-order valence-corrected chi connectivity index (χ1v) is 6.33. The minimum absolute atomic E-state index is 0.239. The van der Waals surface area contributed by atoms with Gasteiger partial charge in [0.2, 0.25) is 5.95 Å². The Morgan fingerprint density at radius 3 is 2.70 bits per heavy atom. The highest BCUT2D eigenvalue weighted by Crippen LogP contribution is 2.13. The van der Waals surface area contributed by atoms with Gasteiger partial charge in [0, 0.05) is 18.4 Å². The second kappa shape index (κ2) is 6.60. The average Bonchev–Trinajstić information content (AvgIpc) is 2.47. The quantitative estimate of drug-likeness (QED) is 0.879. The molecule has 5 nitrogen and oxygen atoms in total. The Bertz CT molecular complexity index is 586. The molecular formula is C14H15FN4O. The van der Waals surface area contributed by atoms with Gasteiger partial charge in [-0.05, 0) is 36.8 Å². The SMILES string of the molecule is CCCNC(=O)c1ccnc(Nc2ccc(F)cc2)n1. The molecule has 20 heavy (non-hydrogen) atoms. The summed E-state index contributed by atoms with van der Waals surface area (Å²) in [4.78, 5) is 19.9. The fraction of sp³-hybridized carbons (Fsp3) is 0.214. The standard InChI is InChI=1S/C14H15FN4O/c1-2-8-16-13(20)12-7-9-17-14(19-12)18-11-5-3-10(15)4-6-11/h3-7,9H,2,8H2,1H3,(H,16,20)(H,17,18,19). The van der Waals surface area contributed by atoms with E-state index in [4.69, 9.17) is 0 Å². The monoisotopic (exact) mass is 274 g/mol. The first-order chi connectivity index (χ1) is 9.69. The molecule has 0 atom stereocenters. The number of carbonyl (C=O) groups excluding carboxylic acids is 1. The lowest BCUT2D eigenvalue weighted by molar-refractivity contribution is 0.0948. The zero-order valence-corrected chi connectivity index (χ0v) is 11.1. The van der Waals surface area contributed by atoms with Crippen molar-refractivity contribution in [2.24, 2.45) is 0 Å². The van der Waals surface area contributed by atoms with Crippen LogP contribution >= 0.6 is 0 Å². The molecule has 0 saturated carbocycles. The van der Waals surface area contributed by atoms with E-state index in [2.05, 4.69) is 20.6 Å². The average molecular weight is 274 g/mol. The summed E-state index contributed by atoms with van der Waals surface area (Å²) in [6.45, 7) is 2.57. The Hall–Kier alpha value is -2.50. The zero-order valence-electron chi connectivity index (χ0n) is 11.1. The number of aromatic nitrogens is 2. The van der Waals surface area contributed by atoms with Crippen LogP contribution in [0.2, 0.25) is 0 Å². The van der Waals surface area contributed by atoms with Crippen molar-refractivity contribution in [3.05, 3.63) is 48.0 Å². The molecule has 1 heterocycles. The molecule has 1 aromatic carbocycles. The van der Waals surface area contributed by atoms with Crippen molar-refractivity contribution >= 4 is 17.5 Å². The van der Waals surface area contributed by atoms with Crippen molar-refractivity contribution in [1.29, 1.82) is 0 Å². The third-order valence-corrected chi connectivity index (χ3v) is 2.52. The number of hydrogen-bond acceptors (Lipinski definition) is 4. The predicted octanol–water partition coefficient (Wildman–Crippen LogP) is 2.50. The number of amides is 1. The smallest absolute Gasteiger partial charge is 0.270 e. The lowest BCUT2D eigenvalue weighted by Gasteiger charge is -2.06. The molecule has 104 valence electrons. The number of benzene rings is 1. The number of anilines is 2. The van der Waals surface area contributed by atoms with E-state index in [-0.39, 0.29) is 17.4 Å². The summed E-state index contributed by atoms with van der Waals surface area (Å²) >= 11 is 0. The molecule has 2 aromatic rings. The lowest BCUT2D eigenvalue weighted by atomic mass is 10.3. The van der Waals surface area contributed by atoms with Crippen LogP contribution in [0.3, 0.4) is 0 Å². The number of hydrogen-bond donors (Lipinski definition) is 2. The van der Waals surface area contributed by atoms with Crippen molar-refractivity contribution in [2.45, 2.75) is 13.3 Å². The van der Waals surface area contributed by atoms with Gasteiger partial charge in [0.05, 0.1) is 0 Å². The number of rotatable bonds is 5. The van der Waals surface area contributed by atoms with Crippen molar-refractivity contribution in [1.82, 2.24) is 15.3 Å². The van der Waals surface area contributed by atoms with E-state index in [0.717, 1.165) is 6.42 Å². The van der Waals surface area contributed by atoms with Crippen molar-refractivity contribution in [3.63, 3.8) is 0 Å². The van der Waals surface area contributed by atoms with Gasteiger partial charge in [0.15, 0.2) is 0 Å². The molecule has 0 fully saturated rings. The van der Waals surface area contributed by atoms with E-state index in [1.165, 1.54) is 18.3 Å². The Morgan fingerprint density at radius 2 is 2.00 bits per heavy atom. The third-order valence-electron chi connectivity index (χ3n) is 2.52. The Morgan fingerprint density at radius 1 is 1.25 bits per heavy atom. The molecule has 0 radical (unpaired) electrons. The van der Waals surface area contributed by atoms with E-state index in [9.17, 15) is 9.18 Å². The van der Waals surface area contributed by atoms with Gasteiger partial charge in [-0.15, -0.1) is 0 Å². The maximum Gasteiger partial charge on any atom is 0.270 e. The van der Waals surface area contributed by atoms with Crippen molar-refractivity contribution in [2.75, 3.05) is 11.9 Å². The summed E-state index contributed by atoms with van der Waals surface area (Å²) in [5.41, 5.74) is 0.940. The molecule has 1 aromatic heterocycles. The summed E-state index contributed by atoms with van der Waals surface area (Å²) < 4.78 is 12.8. The van der Waals surface area contributed by atoms with Crippen LogP contribution in [0.4, 0.5) is 16.0 Å². The minimum atomic E-state index is -0.316. The molecule has 0 aliphatic heterocycles. The van der Waals surface area contributed by atoms with Gasteiger partial charge < -0.3 is 10.6 Å². The Labute approximate surface area is 116 Å². The number of nitrogens with one attached hydrogen (secondary N) is 2. The highest BCUT2D eigenvalue weighted by molar-refractivity contribution is 5.92. The molecular weight excluding hydrogens is 259 g/mol. The van der Waals surface area contributed by atoms with Crippen molar-refractivity contribution < 1.29 is 9.18 Å². The fourth-order valence-corrected chi connectivity index (χ4v) is 1.54. The first kappa shape index (κ1) is 13.9. The summed E-state index contributed by atoms with van der Waals surface area (Å²) in [7, 11) is 0. The van der Waals surface area contributed by atoms with Crippen LogP contribution in [0.1, 0.15) is 23.8 Å². The molecule has 6 heteroatoms. The van der Waals surface area contributed by atoms with Crippen LogP contribution in [0.5, 0.6) is 0 Å². The molecule has 0 aliphatic carbocycles. The van der Waals surface area contributed by atoms with Gasteiger partial charge in [0.25, 0.3) is 5.91 Å². The largest absolute Gasteiger partial charge is 0.351 e. The number of halogens is 1. The summed E-state index contributed by atoms with van der Waals surface area (Å²) in [5, 5.41) is 5.65. The van der Waals surface area contributed by atoms with E-state index in [1.54, 1.807) is 18.2 Å². The highest BCUT2D eigenvalue weighted by atomic mass is 19.1. The Kier molecular flexibility index (Phi) is 4.60. The third kappa shape index (κ3) is 3.74. The number of nitrogens with zero attached hydrogens (tertiary/aromatic N) is 2. The zero-order chi connectivity index (χ0) is 14.4. The van der Waals surface area contributed by atoms with Crippen LogP contribution in [-0.2, 0) is 0 Å². The number of carbonyl (C=O) groups is 1. The molecule has 2 N–H and O–H groups in total. The van der Waals surface area contributed by atoms with E-state index in [1.807, 2.05) is 6.92 Å². The van der Waals surface area contributed by atoms with Gasteiger partial charge in [0.1, 0.15) is 11.5 Å². The van der Waals surface area contributed by atoms with Crippen LogP contribution < -0.4 is 10.6 Å². The van der Waals surface area contributed by atoms with E-state index in [0.29, 0.717) is 18.2 Å². The topological polar surface area (TPSA) is 66.9 Å². The lowest BCUT2D eigenvalue weighted by Crippen LogP contribution is -2.25. The van der Waals surface area contributed by atoms with Crippen LogP contribution in [0.15, 0.2) is 36.5 Å². The summed E-state index contributed by atoms with van der Waals surface area (Å²) in [6, 6.07) is 7.35. The van der Waals surface area contributed by atoms with Gasteiger partial charge in [-0.3, -0.25) is 4.79 Å². The first-order valence-electron chi connectivity index (χ1n) is 6.33. The van der Waals surface area contributed by atoms with Crippen LogP contribution in [0, 0.1) is 5.82 Å². The molecule has 2 rings (SSSR count). The molecule has 0 bridgehead atoms. The van der Waals surface area contributed by atoms with Gasteiger partial charge >= 0.3 is 0 Å². The van der Waals surface area contributed by atoms with Gasteiger partial charge in [-0.2, -0.15) is 0 Å². The summed E-state index contributed by atoms with van der Waals surface area (Å²) in [5.74, 6) is -0.263. The highest BCUT2D eigenvalue weighted by Gasteiger charge is 2.07. The predicted molar refractivity (Wildman–Crippen MR) is 74.3 cm³/mol. The maximum atomic E-state index is 12.8. The fourth-order valence-electron chi connectivity index (χ4n) is 1.54. The molecule has 0 aliphatic rings. The second-order valence-corrected chi connectivity index (χ2v) is 4.15. The molecule has 0 spiro atoms. The molecule has 0 saturated heterocycles. The van der Waals surface area contributed by atoms with Gasteiger partial charge in [-0.1, -0.05) is 6.92 Å². The van der Waals surface area contributed by atoms with Crippen LogP contribution in [-0.4, -0.2) is 22.4 Å². The normalized spacial score (nSPS) is 10.1. The van der Waals surface area contributed by atoms with E-state index >= 15 is 0 Å². The van der Waals surface area contributed by atoms with Crippen LogP contribution in [0.25, 0.3) is 0 Å². The maximum absolute atomic E-state index is 12.8. The van der Waals surface area contributed by atoms with E-state index < -0.39 is 0 Å². The molecule has 1 amide bonds. The summed E-state index contributed by atoms with van der Waals surface area (Å²) in [6.07, 6.45) is 2.36. The minimum Gasteiger partial charge on any atom is -0.351 e.